The average Bonchev–Trinajstić information content (AvgIpc) is 3.03. The van der Waals surface area contributed by atoms with E-state index in [1.807, 2.05) is 36.6 Å². The molecule has 0 saturated carbocycles. The molecule has 2 aromatic rings. The zero-order valence-electron chi connectivity index (χ0n) is 15.0. The van der Waals surface area contributed by atoms with Crippen molar-refractivity contribution < 1.29 is 14.3 Å². The molecule has 0 aliphatic heterocycles. The molecule has 0 saturated heterocycles. The van der Waals surface area contributed by atoms with Crippen molar-refractivity contribution in [2.24, 2.45) is 0 Å². The Balaban J connectivity index is 2.33. The fourth-order valence-corrected chi connectivity index (χ4v) is 3.42. The summed E-state index contributed by atoms with van der Waals surface area (Å²) in [6.07, 6.45) is 0. The first kappa shape index (κ1) is 19.9. The number of hydrogen-bond donors (Lipinski definition) is 2. The second-order valence-electron chi connectivity index (χ2n) is 5.57. The van der Waals surface area contributed by atoms with Crippen molar-refractivity contribution >= 4 is 39.6 Å². The number of rotatable bonds is 7. The highest BCUT2D eigenvalue weighted by Gasteiger charge is 2.22. The van der Waals surface area contributed by atoms with Crippen molar-refractivity contribution in [2.45, 2.75) is 13.8 Å². The van der Waals surface area contributed by atoms with Crippen LogP contribution in [0.2, 0.25) is 0 Å². The van der Waals surface area contributed by atoms with Gasteiger partial charge in [0.1, 0.15) is 16.3 Å². The summed E-state index contributed by atoms with van der Waals surface area (Å²) in [6, 6.07) is 7.53. The van der Waals surface area contributed by atoms with Gasteiger partial charge in [-0.3, -0.25) is 0 Å². The molecule has 0 aliphatic rings. The zero-order valence-corrected chi connectivity index (χ0v) is 16.7. The lowest BCUT2D eigenvalue weighted by Crippen LogP contribution is -2.29. The van der Waals surface area contributed by atoms with Crippen molar-refractivity contribution in [3.05, 3.63) is 47.4 Å². The molecule has 2 rings (SSSR count). The van der Waals surface area contributed by atoms with Crippen LogP contribution in [0.15, 0.2) is 41.8 Å². The molecule has 0 aliphatic carbocycles. The van der Waals surface area contributed by atoms with E-state index < -0.39 is 0 Å². The van der Waals surface area contributed by atoms with Crippen molar-refractivity contribution in [2.75, 3.05) is 25.6 Å². The van der Waals surface area contributed by atoms with Crippen LogP contribution >= 0.6 is 23.6 Å². The zero-order chi connectivity index (χ0) is 19.1. The van der Waals surface area contributed by atoms with Gasteiger partial charge in [0.15, 0.2) is 5.11 Å². The van der Waals surface area contributed by atoms with Gasteiger partial charge in [-0.15, -0.1) is 11.3 Å². The molecular weight excluding hydrogens is 368 g/mol. The Bertz CT molecular complexity index is 798. The van der Waals surface area contributed by atoms with Crippen molar-refractivity contribution in [3.63, 3.8) is 0 Å². The van der Waals surface area contributed by atoms with Crippen LogP contribution in [0, 0.1) is 0 Å². The SMILES string of the molecule is C=C(C)CNC(=S)Nc1scc(-c2ccc(OC)cc2)c1C(=O)OCC. The molecule has 138 valence electrons. The Hall–Kier alpha value is -2.38. The van der Waals surface area contributed by atoms with Crippen molar-refractivity contribution in [1.82, 2.24) is 5.32 Å². The largest absolute Gasteiger partial charge is 0.497 e. The summed E-state index contributed by atoms with van der Waals surface area (Å²) < 4.78 is 10.4. The van der Waals surface area contributed by atoms with Gasteiger partial charge in [-0.05, 0) is 43.8 Å². The van der Waals surface area contributed by atoms with E-state index >= 15 is 0 Å². The van der Waals surface area contributed by atoms with Crippen LogP contribution in [-0.4, -0.2) is 31.3 Å². The number of carbonyl (C=O) groups is 1. The number of ether oxygens (including phenoxy) is 2. The third-order valence-corrected chi connectivity index (χ3v) is 4.59. The minimum absolute atomic E-state index is 0.300. The number of anilines is 1. The molecule has 0 spiro atoms. The van der Waals surface area contributed by atoms with E-state index in [1.165, 1.54) is 11.3 Å². The summed E-state index contributed by atoms with van der Waals surface area (Å²) in [5.74, 6) is 0.370. The number of thiocarbonyl (C=S) groups is 1. The molecule has 0 radical (unpaired) electrons. The van der Waals surface area contributed by atoms with Gasteiger partial charge >= 0.3 is 5.97 Å². The van der Waals surface area contributed by atoms with Gasteiger partial charge in [-0.1, -0.05) is 24.3 Å². The first-order valence-corrected chi connectivity index (χ1v) is 9.37. The summed E-state index contributed by atoms with van der Waals surface area (Å²) in [5, 5.41) is 9.14. The number of thiophene rings is 1. The van der Waals surface area contributed by atoms with E-state index in [0.717, 1.165) is 22.4 Å². The smallest absolute Gasteiger partial charge is 0.341 e. The fraction of sp³-hybridized carbons (Fsp3) is 0.263. The molecule has 0 unspecified atom stereocenters. The Morgan fingerprint density at radius 3 is 2.58 bits per heavy atom. The summed E-state index contributed by atoms with van der Waals surface area (Å²) in [4.78, 5) is 12.5. The molecule has 0 bridgehead atoms. The molecule has 1 heterocycles. The summed E-state index contributed by atoms with van der Waals surface area (Å²) in [6.45, 7) is 8.39. The third kappa shape index (κ3) is 5.06. The summed E-state index contributed by atoms with van der Waals surface area (Å²) in [7, 11) is 1.62. The van der Waals surface area contributed by atoms with E-state index in [4.69, 9.17) is 21.7 Å². The maximum atomic E-state index is 12.5. The highest BCUT2D eigenvalue weighted by atomic mass is 32.1. The molecule has 5 nitrogen and oxygen atoms in total. The van der Waals surface area contributed by atoms with Gasteiger partial charge < -0.3 is 20.1 Å². The number of nitrogens with one attached hydrogen (secondary N) is 2. The van der Waals surface area contributed by atoms with E-state index in [1.54, 1.807) is 14.0 Å². The lowest BCUT2D eigenvalue weighted by Gasteiger charge is -2.12. The minimum Gasteiger partial charge on any atom is -0.497 e. The van der Waals surface area contributed by atoms with Crippen LogP contribution in [0.25, 0.3) is 11.1 Å². The monoisotopic (exact) mass is 390 g/mol. The van der Waals surface area contributed by atoms with Gasteiger partial charge in [0, 0.05) is 17.5 Å². The quantitative estimate of drug-likeness (QED) is 0.413. The molecule has 7 heteroatoms. The van der Waals surface area contributed by atoms with E-state index in [2.05, 4.69) is 17.2 Å². The first-order chi connectivity index (χ1) is 12.5. The molecular formula is C19H22N2O3S2. The summed E-state index contributed by atoms with van der Waals surface area (Å²) >= 11 is 6.70. The van der Waals surface area contributed by atoms with Gasteiger partial charge in [-0.2, -0.15) is 0 Å². The number of benzene rings is 1. The number of carbonyl (C=O) groups excluding carboxylic acids is 1. The molecule has 1 aromatic carbocycles. The maximum absolute atomic E-state index is 12.5. The van der Waals surface area contributed by atoms with Gasteiger partial charge in [0.2, 0.25) is 0 Å². The Morgan fingerprint density at radius 2 is 2.00 bits per heavy atom. The topological polar surface area (TPSA) is 59.6 Å². The van der Waals surface area contributed by atoms with Gasteiger partial charge in [0.05, 0.1) is 13.7 Å². The number of hydrogen-bond acceptors (Lipinski definition) is 5. The lowest BCUT2D eigenvalue weighted by atomic mass is 10.0. The second kappa shape index (κ2) is 9.35. The van der Waals surface area contributed by atoms with Crippen molar-refractivity contribution in [1.29, 1.82) is 0 Å². The van der Waals surface area contributed by atoms with Crippen molar-refractivity contribution in [3.8, 4) is 16.9 Å². The third-order valence-electron chi connectivity index (χ3n) is 3.45. The Kier molecular flexibility index (Phi) is 7.17. The number of esters is 1. The fourth-order valence-electron chi connectivity index (χ4n) is 2.22. The summed E-state index contributed by atoms with van der Waals surface area (Å²) in [5.41, 5.74) is 3.13. The average molecular weight is 391 g/mol. The predicted molar refractivity (Wildman–Crippen MR) is 111 cm³/mol. The van der Waals surface area contributed by atoms with Crippen LogP contribution < -0.4 is 15.4 Å². The Labute approximate surface area is 163 Å². The van der Waals surface area contributed by atoms with Crippen LogP contribution in [0.4, 0.5) is 5.00 Å². The van der Waals surface area contributed by atoms with Crippen LogP contribution in [0.3, 0.4) is 0 Å². The molecule has 2 N–H and O–H groups in total. The lowest BCUT2D eigenvalue weighted by molar-refractivity contribution is 0.0529. The van der Waals surface area contributed by atoms with Crippen LogP contribution in [-0.2, 0) is 4.74 Å². The normalized spacial score (nSPS) is 10.1. The minimum atomic E-state index is -0.384. The second-order valence-corrected chi connectivity index (χ2v) is 6.86. The molecule has 1 aromatic heterocycles. The highest BCUT2D eigenvalue weighted by Crippen LogP contribution is 2.36. The van der Waals surface area contributed by atoms with E-state index in [9.17, 15) is 4.79 Å². The van der Waals surface area contributed by atoms with E-state index in [-0.39, 0.29) is 5.97 Å². The first-order valence-electron chi connectivity index (χ1n) is 8.08. The standard InChI is InChI=1S/C19H22N2O3S2/c1-5-24-18(22)16-15(13-6-8-14(23-4)9-7-13)11-26-17(16)21-19(25)20-10-12(2)3/h6-9,11H,2,5,10H2,1,3-4H3,(H2,20,21,25). The molecule has 0 fully saturated rings. The predicted octanol–water partition coefficient (Wildman–Crippen LogP) is 4.46. The molecule has 0 amide bonds. The maximum Gasteiger partial charge on any atom is 0.341 e. The highest BCUT2D eigenvalue weighted by molar-refractivity contribution is 7.80. The van der Waals surface area contributed by atoms with Gasteiger partial charge in [0.25, 0.3) is 0 Å². The number of methoxy groups -OCH3 is 1. The van der Waals surface area contributed by atoms with E-state index in [0.29, 0.717) is 28.8 Å². The Morgan fingerprint density at radius 1 is 1.31 bits per heavy atom. The van der Waals surface area contributed by atoms with Crippen LogP contribution in [0.1, 0.15) is 24.2 Å². The van der Waals surface area contributed by atoms with Gasteiger partial charge in [-0.25, -0.2) is 4.79 Å². The molecule has 0 atom stereocenters. The molecule has 26 heavy (non-hydrogen) atoms. The van der Waals surface area contributed by atoms with Crippen LogP contribution in [0.5, 0.6) is 5.75 Å².